The predicted molar refractivity (Wildman–Crippen MR) is 78.3 cm³/mol. The molecule has 8 heteroatoms. The van der Waals surface area contributed by atoms with Crippen molar-refractivity contribution in [3.63, 3.8) is 0 Å². The summed E-state index contributed by atoms with van der Waals surface area (Å²) in [5, 5.41) is 14.2. The highest BCUT2D eigenvalue weighted by Crippen LogP contribution is 2.28. The van der Waals surface area contributed by atoms with Gasteiger partial charge in [-0.05, 0) is 34.1 Å². The number of nitrogens with one attached hydrogen (secondary N) is 1. The highest BCUT2D eigenvalue weighted by molar-refractivity contribution is 9.10. The third kappa shape index (κ3) is 3.56. The van der Waals surface area contributed by atoms with Crippen LogP contribution in [0.5, 0.6) is 0 Å². The minimum Gasteiger partial charge on any atom is -0.340 e. The van der Waals surface area contributed by atoms with Crippen molar-refractivity contribution in [2.75, 3.05) is 5.32 Å². The molecule has 0 saturated carbocycles. The molecule has 0 aliphatic carbocycles. The van der Waals surface area contributed by atoms with E-state index in [0.29, 0.717) is 10.7 Å². The summed E-state index contributed by atoms with van der Waals surface area (Å²) in [6.07, 6.45) is 0. The van der Waals surface area contributed by atoms with Crippen molar-refractivity contribution in [1.82, 2.24) is 4.98 Å². The van der Waals surface area contributed by atoms with Gasteiger partial charge in [-0.2, -0.15) is 0 Å². The summed E-state index contributed by atoms with van der Waals surface area (Å²) in [5.41, 5.74) is 0.517. The van der Waals surface area contributed by atoms with E-state index in [1.165, 1.54) is 12.1 Å². The predicted octanol–water partition coefficient (Wildman–Crippen LogP) is 4.80. The Kier molecular flexibility index (Phi) is 4.24. The molecule has 0 bridgehead atoms. The number of hydrogen-bond donors (Lipinski definition) is 1. The van der Waals surface area contributed by atoms with Crippen LogP contribution in [0.4, 0.5) is 17.2 Å². The molecule has 1 N–H and O–H groups in total. The number of nitrogens with zero attached hydrogens (tertiary/aromatic N) is 2. The largest absolute Gasteiger partial charge is 0.340 e. The molecule has 1 aromatic heterocycles. The van der Waals surface area contributed by atoms with E-state index >= 15 is 0 Å². The third-order valence-electron chi connectivity index (χ3n) is 2.18. The van der Waals surface area contributed by atoms with Crippen LogP contribution in [-0.4, -0.2) is 9.91 Å². The number of hydrogen-bond acceptors (Lipinski definition) is 4. The fourth-order valence-corrected chi connectivity index (χ4v) is 2.00. The first-order valence-electron chi connectivity index (χ1n) is 5.00. The lowest BCUT2D eigenvalue weighted by atomic mass is 10.3. The van der Waals surface area contributed by atoms with E-state index in [-0.39, 0.29) is 16.7 Å². The Morgan fingerprint density at radius 2 is 2.00 bits per heavy atom. The van der Waals surface area contributed by atoms with Gasteiger partial charge in [0.25, 0.3) is 5.69 Å². The molecule has 98 valence electrons. The lowest BCUT2D eigenvalue weighted by Crippen LogP contribution is -1.96. The quantitative estimate of drug-likeness (QED) is 0.483. The molecular formula is C11H6BrCl2N3O2. The maximum absolute atomic E-state index is 10.7. The van der Waals surface area contributed by atoms with Gasteiger partial charge in [0.15, 0.2) is 0 Å². The number of rotatable bonds is 3. The number of anilines is 2. The van der Waals surface area contributed by atoms with Crippen LogP contribution in [0.1, 0.15) is 0 Å². The van der Waals surface area contributed by atoms with Gasteiger partial charge in [0.2, 0.25) is 0 Å². The topological polar surface area (TPSA) is 68.1 Å². The standard InChI is InChI=1S/C11H6BrCl2N3O2/c12-8-2-1-6(3-9(8)13)15-11-5-7(17(18)19)4-10(14)16-11/h1-5H,(H,15,16). The summed E-state index contributed by atoms with van der Waals surface area (Å²) >= 11 is 15.0. The van der Waals surface area contributed by atoms with Gasteiger partial charge < -0.3 is 5.32 Å². The lowest BCUT2D eigenvalue weighted by Gasteiger charge is -2.07. The number of benzene rings is 1. The summed E-state index contributed by atoms with van der Waals surface area (Å²) in [6.45, 7) is 0. The normalized spacial score (nSPS) is 10.3. The number of aromatic nitrogens is 1. The van der Waals surface area contributed by atoms with Gasteiger partial charge in [-0.15, -0.1) is 0 Å². The number of nitro groups is 1. The van der Waals surface area contributed by atoms with E-state index in [9.17, 15) is 10.1 Å². The first-order valence-corrected chi connectivity index (χ1v) is 6.54. The van der Waals surface area contributed by atoms with Gasteiger partial charge in [-0.25, -0.2) is 4.98 Å². The molecule has 0 radical (unpaired) electrons. The Labute approximate surface area is 126 Å². The number of pyridine rings is 1. The van der Waals surface area contributed by atoms with Crippen LogP contribution in [0.15, 0.2) is 34.8 Å². The Bertz CT molecular complexity index is 652. The smallest absolute Gasteiger partial charge is 0.276 e. The molecule has 1 heterocycles. The van der Waals surface area contributed by atoms with Crippen molar-refractivity contribution in [1.29, 1.82) is 0 Å². The SMILES string of the molecule is O=[N+]([O-])c1cc(Cl)nc(Nc2ccc(Br)c(Cl)c2)c1. The van der Waals surface area contributed by atoms with Crippen molar-refractivity contribution in [3.05, 3.63) is 55.1 Å². The minimum absolute atomic E-state index is 0.0416. The molecule has 0 aliphatic rings. The molecule has 0 saturated heterocycles. The molecule has 5 nitrogen and oxygen atoms in total. The molecule has 2 rings (SSSR count). The molecule has 0 fully saturated rings. The summed E-state index contributed by atoms with van der Waals surface area (Å²) in [5.74, 6) is 0.276. The van der Waals surface area contributed by atoms with Crippen LogP contribution >= 0.6 is 39.1 Å². The van der Waals surface area contributed by atoms with Gasteiger partial charge >= 0.3 is 0 Å². The minimum atomic E-state index is -0.534. The van der Waals surface area contributed by atoms with E-state index in [0.717, 1.165) is 4.47 Å². The van der Waals surface area contributed by atoms with E-state index in [1.807, 2.05) is 0 Å². The zero-order chi connectivity index (χ0) is 14.0. The first kappa shape index (κ1) is 14.0. The Morgan fingerprint density at radius 3 is 2.63 bits per heavy atom. The van der Waals surface area contributed by atoms with Gasteiger partial charge in [0.1, 0.15) is 11.0 Å². The summed E-state index contributed by atoms with van der Waals surface area (Å²) in [4.78, 5) is 14.1. The molecule has 2 aromatic rings. The number of halogens is 3. The van der Waals surface area contributed by atoms with Crippen molar-refractivity contribution >= 4 is 56.3 Å². The average Bonchev–Trinajstić information content (AvgIpc) is 2.33. The molecule has 19 heavy (non-hydrogen) atoms. The second-order valence-electron chi connectivity index (χ2n) is 3.54. The molecule has 0 unspecified atom stereocenters. The molecule has 0 aliphatic heterocycles. The monoisotopic (exact) mass is 361 g/mol. The van der Waals surface area contributed by atoms with Crippen molar-refractivity contribution in [2.45, 2.75) is 0 Å². The summed E-state index contributed by atoms with van der Waals surface area (Å²) in [7, 11) is 0. The van der Waals surface area contributed by atoms with Crippen molar-refractivity contribution in [2.24, 2.45) is 0 Å². The second-order valence-corrected chi connectivity index (χ2v) is 5.19. The van der Waals surface area contributed by atoms with Crippen LogP contribution < -0.4 is 5.32 Å². The highest BCUT2D eigenvalue weighted by atomic mass is 79.9. The molecular weight excluding hydrogens is 357 g/mol. The van der Waals surface area contributed by atoms with Crippen molar-refractivity contribution < 1.29 is 4.92 Å². The maximum atomic E-state index is 10.7. The van der Waals surface area contributed by atoms with Gasteiger partial charge in [-0.1, -0.05) is 23.2 Å². The lowest BCUT2D eigenvalue weighted by molar-refractivity contribution is -0.384. The third-order valence-corrected chi connectivity index (χ3v) is 3.61. The average molecular weight is 363 g/mol. The summed E-state index contributed by atoms with van der Waals surface area (Å²) in [6, 6.07) is 7.65. The molecule has 0 spiro atoms. The van der Waals surface area contributed by atoms with Gasteiger partial charge in [0, 0.05) is 10.2 Å². The fourth-order valence-electron chi connectivity index (χ4n) is 1.37. The van der Waals surface area contributed by atoms with E-state index < -0.39 is 4.92 Å². The Morgan fingerprint density at radius 1 is 1.26 bits per heavy atom. The van der Waals surface area contributed by atoms with Gasteiger partial charge in [-0.3, -0.25) is 10.1 Å². The van der Waals surface area contributed by atoms with Crippen LogP contribution in [0.2, 0.25) is 10.2 Å². The zero-order valence-electron chi connectivity index (χ0n) is 9.23. The molecule has 0 amide bonds. The fraction of sp³-hybridized carbons (Fsp3) is 0. The zero-order valence-corrected chi connectivity index (χ0v) is 12.3. The van der Waals surface area contributed by atoms with E-state index in [1.54, 1.807) is 18.2 Å². The van der Waals surface area contributed by atoms with Crippen LogP contribution in [0.25, 0.3) is 0 Å². The molecule has 1 aromatic carbocycles. The van der Waals surface area contributed by atoms with Gasteiger partial charge in [0.05, 0.1) is 22.1 Å². The maximum Gasteiger partial charge on any atom is 0.276 e. The van der Waals surface area contributed by atoms with E-state index in [2.05, 4.69) is 26.2 Å². The molecule has 0 atom stereocenters. The van der Waals surface area contributed by atoms with Crippen molar-refractivity contribution in [3.8, 4) is 0 Å². The summed E-state index contributed by atoms with van der Waals surface area (Å²) < 4.78 is 0.754. The second kappa shape index (κ2) is 5.73. The van der Waals surface area contributed by atoms with Crippen LogP contribution in [0.3, 0.4) is 0 Å². The highest BCUT2D eigenvalue weighted by Gasteiger charge is 2.10. The van der Waals surface area contributed by atoms with Crippen LogP contribution in [-0.2, 0) is 0 Å². The first-order chi connectivity index (χ1) is 8.95. The Hall–Kier alpha value is -1.37. The Balaban J connectivity index is 2.32. The van der Waals surface area contributed by atoms with E-state index in [4.69, 9.17) is 23.2 Å². The van der Waals surface area contributed by atoms with Crippen LogP contribution in [0, 0.1) is 10.1 Å².